The van der Waals surface area contributed by atoms with Crippen LogP contribution in [0.5, 0.6) is 0 Å². The SMILES string of the molecule is Nc1[nH]ncc1C(=O)NCCc1cccnc1. The number of amides is 1. The molecule has 6 nitrogen and oxygen atoms in total. The number of hydrogen-bond donors (Lipinski definition) is 3. The molecular formula is C11H13N5O. The molecule has 0 radical (unpaired) electrons. The summed E-state index contributed by atoms with van der Waals surface area (Å²) in [4.78, 5) is 15.6. The molecule has 1 amide bonds. The quantitative estimate of drug-likeness (QED) is 0.707. The van der Waals surface area contributed by atoms with E-state index in [-0.39, 0.29) is 11.7 Å². The van der Waals surface area contributed by atoms with Gasteiger partial charge >= 0.3 is 0 Å². The van der Waals surface area contributed by atoms with Crippen LogP contribution < -0.4 is 11.1 Å². The van der Waals surface area contributed by atoms with E-state index in [0.717, 1.165) is 12.0 Å². The van der Waals surface area contributed by atoms with Crippen molar-refractivity contribution < 1.29 is 4.79 Å². The van der Waals surface area contributed by atoms with Gasteiger partial charge in [-0.05, 0) is 18.1 Å². The van der Waals surface area contributed by atoms with Crippen LogP contribution in [0.4, 0.5) is 5.82 Å². The number of aromatic amines is 1. The molecule has 6 heteroatoms. The van der Waals surface area contributed by atoms with Crippen molar-refractivity contribution in [3.8, 4) is 0 Å². The molecule has 2 rings (SSSR count). The average molecular weight is 231 g/mol. The second-order valence-electron chi connectivity index (χ2n) is 3.56. The fourth-order valence-corrected chi connectivity index (χ4v) is 1.44. The van der Waals surface area contributed by atoms with Gasteiger partial charge in [0, 0.05) is 18.9 Å². The first-order valence-electron chi connectivity index (χ1n) is 5.23. The summed E-state index contributed by atoms with van der Waals surface area (Å²) in [7, 11) is 0. The van der Waals surface area contributed by atoms with Crippen LogP contribution in [-0.4, -0.2) is 27.6 Å². The Bertz CT molecular complexity index is 494. The number of pyridine rings is 1. The Kier molecular flexibility index (Phi) is 3.34. The topological polar surface area (TPSA) is 96.7 Å². The standard InChI is InChI=1S/C11H13N5O/c12-10-9(7-15-16-10)11(17)14-5-3-8-2-1-4-13-6-8/h1-2,4,6-7H,3,5H2,(H,14,17)(H3,12,15,16). The first kappa shape index (κ1) is 11.1. The van der Waals surface area contributed by atoms with Crippen molar-refractivity contribution in [1.82, 2.24) is 20.5 Å². The molecule has 0 aromatic carbocycles. The summed E-state index contributed by atoms with van der Waals surface area (Å²) in [6, 6.07) is 3.83. The molecule has 0 atom stereocenters. The lowest BCUT2D eigenvalue weighted by Crippen LogP contribution is -2.26. The van der Waals surface area contributed by atoms with E-state index in [4.69, 9.17) is 5.73 Å². The molecule has 17 heavy (non-hydrogen) atoms. The van der Waals surface area contributed by atoms with Gasteiger partial charge in [-0.1, -0.05) is 6.07 Å². The monoisotopic (exact) mass is 231 g/mol. The molecule has 2 aromatic heterocycles. The van der Waals surface area contributed by atoms with E-state index in [2.05, 4.69) is 20.5 Å². The highest BCUT2D eigenvalue weighted by molar-refractivity contribution is 5.98. The summed E-state index contributed by atoms with van der Waals surface area (Å²) in [5.41, 5.74) is 6.98. The summed E-state index contributed by atoms with van der Waals surface area (Å²) in [5.74, 6) is 0.0593. The Morgan fingerprint density at radius 2 is 2.35 bits per heavy atom. The summed E-state index contributed by atoms with van der Waals surface area (Å²) in [6.07, 6.45) is 5.64. The molecule has 0 saturated heterocycles. The van der Waals surface area contributed by atoms with Gasteiger partial charge in [0.05, 0.1) is 6.20 Å². The maximum absolute atomic E-state index is 11.7. The van der Waals surface area contributed by atoms with Gasteiger partial charge in [0.1, 0.15) is 11.4 Å². The molecular weight excluding hydrogens is 218 g/mol. The highest BCUT2D eigenvalue weighted by Gasteiger charge is 2.10. The lowest BCUT2D eigenvalue weighted by molar-refractivity contribution is 0.0955. The number of nitrogens with two attached hydrogens (primary N) is 1. The molecule has 0 bridgehead atoms. The van der Waals surface area contributed by atoms with E-state index in [0.29, 0.717) is 12.1 Å². The third-order valence-electron chi connectivity index (χ3n) is 2.34. The Hall–Kier alpha value is -2.37. The first-order chi connectivity index (χ1) is 8.27. The molecule has 88 valence electrons. The maximum atomic E-state index is 11.7. The van der Waals surface area contributed by atoms with Gasteiger partial charge < -0.3 is 11.1 Å². The van der Waals surface area contributed by atoms with Crippen LogP contribution in [0.3, 0.4) is 0 Å². The minimum Gasteiger partial charge on any atom is -0.383 e. The van der Waals surface area contributed by atoms with Crippen LogP contribution in [0.15, 0.2) is 30.7 Å². The highest BCUT2D eigenvalue weighted by Crippen LogP contribution is 2.05. The van der Waals surface area contributed by atoms with Crippen molar-refractivity contribution in [1.29, 1.82) is 0 Å². The van der Waals surface area contributed by atoms with Crippen molar-refractivity contribution in [2.75, 3.05) is 12.3 Å². The minimum atomic E-state index is -0.222. The van der Waals surface area contributed by atoms with Crippen molar-refractivity contribution in [2.24, 2.45) is 0 Å². The van der Waals surface area contributed by atoms with Gasteiger partial charge in [-0.15, -0.1) is 0 Å². The van der Waals surface area contributed by atoms with Crippen LogP contribution in [0.25, 0.3) is 0 Å². The summed E-state index contributed by atoms with van der Waals surface area (Å²) in [6.45, 7) is 0.537. The minimum absolute atomic E-state index is 0.222. The van der Waals surface area contributed by atoms with Gasteiger partial charge in [0.25, 0.3) is 5.91 Å². The zero-order chi connectivity index (χ0) is 12.1. The zero-order valence-electron chi connectivity index (χ0n) is 9.18. The van der Waals surface area contributed by atoms with Crippen LogP contribution >= 0.6 is 0 Å². The van der Waals surface area contributed by atoms with E-state index >= 15 is 0 Å². The van der Waals surface area contributed by atoms with E-state index in [1.54, 1.807) is 12.4 Å². The van der Waals surface area contributed by atoms with Crippen LogP contribution in [0.2, 0.25) is 0 Å². The smallest absolute Gasteiger partial charge is 0.256 e. The molecule has 0 aliphatic carbocycles. The second-order valence-corrected chi connectivity index (χ2v) is 3.56. The lowest BCUT2D eigenvalue weighted by atomic mass is 10.2. The second kappa shape index (κ2) is 5.11. The largest absolute Gasteiger partial charge is 0.383 e. The van der Waals surface area contributed by atoms with Crippen LogP contribution in [0.1, 0.15) is 15.9 Å². The number of nitrogens with one attached hydrogen (secondary N) is 2. The molecule has 2 heterocycles. The number of aromatic nitrogens is 3. The predicted molar refractivity (Wildman–Crippen MR) is 63.3 cm³/mol. The van der Waals surface area contributed by atoms with Crippen LogP contribution in [0, 0.1) is 0 Å². The number of nitrogen functional groups attached to an aromatic ring is 1. The average Bonchev–Trinajstić information content (AvgIpc) is 2.77. The molecule has 0 aliphatic heterocycles. The number of rotatable bonds is 4. The molecule has 0 unspecified atom stereocenters. The van der Waals surface area contributed by atoms with Gasteiger partial charge in [0.2, 0.25) is 0 Å². The van der Waals surface area contributed by atoms with Crippen molar-refractivity contribution in [3.63, 3.8) is 0 Å². The normalized spacial score (nSPS) is 10.1. The number of anilines is 1. The molecule has 0 spiro atoms. The Morgan fingerprint density at radius 3 is 3.00 bits per heavy atom. The lowest BCUT2D eigenvalue weighted by Gasteiger charge is -2.03. The summed E-state index contributed by atoms with van der Waals surface area (Å²) < 4.78 is 0. The fraction of sp³-hybridized carbons (Fsp3) is 0.182. The molecule has 0 fully saturated rings. The van der Waals surface area contributed by atoms with Crippen LogP contribution in [-0.2, 0) is 6.42 Å². The highest BCUT2D eigenvalue weighted by atomic mass is 16.1. The van der Waals surface area contributed by atoms with Crippen molar-refractivity contribution in [2.45, 2.75) is 6.42 Å². The number of carbonyl (C=O) groups excluding carboxylic acids is 1. The Balaban J connectivity index is 1.84. The van der Waals surface area contributed by atoms with E-state index in [1.165, 1.54) is 6.20 Å². The number of carbonyl (C=O) groups is 1. The summed E-state index contributed by atoms with van der Waals surface area (Å²) in [5, 5.41) is 8.97. The molecule has 0 saturated carbocycles. The Morgan fingerprint density at radius 1 is 1.47 bits per heavy atom. The van der Waals surface area contributed by atoms with Gasteiger partial charge in [-0.25, -0.2) is 0 Å². The van der Waals surface area contributed by atoms with Gasteiger partial charge in [-0.3, -0.25) is 14.9 Å². The van der Waals surface area contributed by atoms with Crippen molar-refractivity contribution >= 4 is 11.7 Å². The van der Waals surface area contributed by atoms with E-state index in [1.807, 2.05) is 12.1 Å². The van der Waals surface area contributed by atoms with Crippen molar-refractivity contribution in [3.05, 3.63) is 41.9 Å². The summed E-state index contributed by atoms with van der Waals surface area (Å²) >= 11 is 0. The maximum Gasteiger partial charge on any atom is 0.256 e. The molecule has 2 aromatic rings. The number of nitrogens with zero attached hydrogens (tertiary/aromatic N) is 2. The third-order valence-corrected chi connectivity index (χ3v) is 2.34. The predicted octanol–water partition coefficient (Wildman–Crippen LogP) is 0.359. The third kappa shape index (κ3) is 2.81. The van der Waals surface area contributed by atoms with Gasteiger partial charge in [-0.2, -0.15) is 5.10 Å². The molecule has 0 aliphatic rings. The number of H-pyrrole nitrogens is 1. The fourth-order valence-electron chi connectivity index (χ4n) is 1.44. The molecule has 4 N–H and O–H groups in total. The Labute approximate surface area is 98.3 Å². The zero-order valence-corrected chi connectivity index (χ0v) is 9.18. The first-order valence-corrected chi connectivity index (χ1v) is 5.23. The van der Waals surface area contributed by atoms with E-state index < -0.39 is 0 Å². The van der Waals surface area contributed by atoms with E-state index in [9.17, 15) is 4.79 Å². The van der Waals surface area contributed by atoms with Gasteiger partial charge in [0.15, 0.2) is 0 Å². The number of hydrogen-bond acceptors (Lipinski definition) is 4.